The first kappa shape index (κ1) is 22.6. The van der Waals surface area contributed by atoms with Gasteiger partial charge < -0.3 is 20.5 Å². The number of ether oxygens (including phenoxy) is 1. The maximum atomic E-state index is 13.5. The fourth-order valence-corrected chi connectivity index (χ4v) is 4.85. The molecule has 0 saturated heterocycles. The van der Waals surface area contributed by atoms with Crippen molar-refractivity contribution in [1.29, 1.82) is 0 Å². The molecule has 2 aromatic rings. The molecule has 0 unspecified atom stereocenters. The molecule has 8 heteroatoms. The molecule has 3 aliphatic rings. The predicted molar refractivity (Wildman–Crippen MR) is 118 cm³/mol. The smallest absolute Gasteiger partial charge is 0.258 e. The van der Waals surface area contributed by atoms with E-state index in [1.165, 1.54) is 12.1 Å². The third-order valence-corrected chi connectivity index (χ3v) is 6.97. The summed E-state index contributed by atoms with van der Waals surface area (Å²) in [6.45, 7) is -0.308. The maximum Gasteiger partial charge on any atom is 0.258 e. The highest BCUT2D eigenvalue weighted by Gasteiger charge is 2.49. The van der Waals surface area contributed by atoms with Gasteiger partial charge in [0.1, 0.15) is 11.6 Å². The van der Waals surface area contributed by atoms with Crippen LogP contribution in [0.4, 0.5) is 4.39 Å². The van der Waals surface area contributed by atoms with Crippen molar-refractivity contribution in [2.24, 2.45) is 0 Å². The lowest BCUT2D eigenvalue weighted by Gasteiger charge is -2.53. The molecule has 2 bridgehead atoms. The Morgan fingerprint density at radius 2 is 1.66 bits per heavy atom. The Hall–Kier alpha value is -2.64. The van der Waals surface area contributed by atoms with Crippen molar-refractivity contribution < 1.29 is 23.8 Å². The van der Waals surface area contributed by atoms with Gasteiger partial charge in [0.05, 0.1) is 11.6 Å². The van der Waals surface area contributed by atoms with Crippen LogP contribution in [0.15, 0.2) is 42.5 Å². The van der Waals surface area contributed by atoms with E-state index >= 15 is 0 Å². The average molecular weight is 461 g/mol. The van der Waals surface area contributed by atoms with Gasteiger partial charge in [-0.05, 0) is 68.4 Å². The van der Waals surface area contributed by atoms with E-state index in [-0.39, 0.29) is 46.9 Å². The minimum Gasteiger partial charge on any atom is -0.484 e. The number of nitrogens with one attached hydrogen (secondary N) is 2. The van der Waals surface area contributed by atoms with E-state index in [1.807, 2.05) is 0 Å². The number of carbonyl (C=O) groups is 2. The van der Waals surface area contributed by atoms with E-state index in [9.17, 15) is 19.1 Å². The van der Waals surface area contributed by atoms with Crippen molar-refractivity contribution >= 4 is 23.4 Å². The highest BCUT2D eigenvalue weighted by Crippen LogP contribution is 2.47. The topological polar surface area (TPSA) is 87.7 Å². The van der Waals surface area contributed by atoms with Crippen molar-refractivity contribution in [3.05, 3.63) is 64.4 Å². The molecule has 2 amide bonds. The number of aliphatic hydroxyl groups is 1. The largest absolute Gasteiger partial charge is 0.484 e. The second-order valence-corrected chi connectivity index (χ2v) is 9.19. The van der Waals surface area contributed by atoms with E-state index in [0.29, 0.717) is 11.1 Å². The summed E-state index contributed by atoms with van der Waals surface area (Å²) < 4.78 is 18.9. The molecule has 0 spiro atoms. The van der Waals surface area contributed by atoms with Crippen LogP contribution in [0.1, 0.15) is 54.4 Å². The van der Waals surface area contributed by atoms with Gasteiger partial charge in [-0.25, -0.2) is 4.39 Å². The number of amides is 2. The number of fused-ring (bicyclic) bond motifs is 3. The van der Waals surface area contributed by atoms with Crippen LogP contribution in [0.5, 0.6) is 5.75 Å². The van der Waals surface area contributed by atoms with Crippen LogP contribution in [-0.2, 0) is 11.4 Å². The minimum atomic E-state index is -0.593. The SMILES string of the molecule is O=C(COc1ccc(Cl)c(F)c1)NC12CCC(NC(=O)c3cccc(CO)c3)(CC1)CC2. The van der Waals surface area contributed by atoms with Gasteiger partial charge in [-0.3, -0.25) is 9.59 Å². The number of aliphatic hydroxyl groups excluding tert-OH is 1. The molecule has 3 fully saturated rings. The second-order valence-electron chi connectivity index (χ2n) is 8.79. The lowest BCUT2D eigenvalue weighted by molar-refractivity contribution is -0.126. The molecule has 3 aliphatic carbocycles. The van der Waals surface area contributed by atoms with Crippen LogP contribution in [-0.4, -0.2) is 34.6 Å². The van der Waals surface area contributed by atoms with Crippen LogP contribution in [0.3, 0.4) is 0 Å². The molecule has 0 aromatic heterocycles. The Kier molecular flexibility index (Phi) is 6.40. The Labute approximate surface area is 191 Å². The highest BCUT2D eigenvalue weighted by atomic mass is 35.5. The Bertz CT molecular complexity index is 1000. The standard InChI is InChI=1S/C24H26ClFN2O4/c25-19-5-4-18(13-20(19)26)32-15-21(30)27-23-6-9-24(10-7-23,11-8-23)28-22(31)17-3-1-2-16(12-17)14-29/h1-5,12-13,29H,6-11,14-15H2,(H,27,30)(H,28,31). The summed E-state index contributed by atoms with van der Waals surface area (Å²) in [7, 11) is 0. The molecule has 5 rings (SSSR count). The van der Waals surface area contributed by atoms with Crippen LogP contribution in [0.2, 0.25) is 5.02 Å². The van der Waals surface area contributed by atoms with Crippen molar-refractivity contribution in [3.8, 4) is 5.75 Å². The van der Waals surface area contributed by atoms with E-state index in [1.54, 1.807) is 24.3 Å². The van der Waals surface area contributed by atoms with Gasteiger partial charge in [0.15, 0.2) is 6.61 Å². The second kappa shape index (κ2) is 9.08. The van der Waals surface area contributed by atoms with Gasteiger partial charge in [0.25, 0.3) is 11.8 Å². The molecule has 3 N–H and O–H groups in total. The molecule has 170 valence electrons. The minimum absolute atomic E-state index is 0.00165. The van der Waals surface area contributed by atoms with Gasteiger partial charge in [-0.15, -0.1) is 0 Å². The van der Waals surface area contributed by atoms with E-state index in [4.69, 9.17) is 16.3 Å². The Balaban J connectivity index is 1.30. The summed E-state index contributed by atoms with van der Waals surface area (Å²) in [6, 6.07) is 11.1. The quantitative estimate of drug-likeness (QED) is 0.587. The molecule has 3 saturated carbocycles. The number of carbonyl (C=O) groups excluding carboxylic acids is 2. The van der Waals surface area contributed by atoms with Gasteiger partial charge in [-0.1, -0.05) is 23.7 Å². The number of hydrogen-bond acceptors (Lipinski definition) is 4. The first-order chi connectivity index (χ1) is 15.3. The molecule has 0 radical (unpaired) electrons. The van der Waals surface area contributed by atoms with E-state index < -0.39 is 5.82 Å². The van der Waals surface area contributed by atoms with Gasteiger partial charge in [0.2, 0.25) is 0 Å². The van der Waals surface area contributed by atoms with Crippen LogP contribution in [0, 0.1) is 5.82 Å². The average Bonchev–Trinajstić information content (AvgIpc) is 2.81. The summed E-state index contributed by atoms with van der Waals surface area (Å²) in [5.74, 6) is -0.731. The number of benzene rings is 2. The summed E-state index contributed by atoms with van der Waals surface area (Å²) >= 11 is 5.66. The zero-order valence-corrected chi connectivity index (χ0v) is 18.4. The molecule has 32 heavy (non-hydrogen) atoms. The first-order valence-corrected chi connectivity index (χ1v) is 11.1. The molecule has 2 aromatic carbocycles. The molecule has 6 nitrogen and oxygen atoms in total. The maximum absolute atomic E-state index is 13.5. The third-order valence-electron chi connectivity index (χ3n) is 6.66. The molecular formula is C24H26ClFN2O4. The molecule has 0 heterocycles. The Morgan fingerprint density at radius 3 is 2.28 bits per heavy atom. The van der Waals surface area contributed by atoms with Crippen LogP contribution < -0.4 is 15.4 Å². The number of halogens is 2. The van der Waals surface area contributed by atoms with E-state index in [0.717, 1.165) is 44.6 Å². The normalized spacial score (nSPS) is 24.1. The highest BCUT2D eigenvalue weighted by molar-refractivity contribution is 6.30. The van der Waals surface area contributed by atoms with Crippen LogP contribution in [0.25, 0.3) is 0 Å². The predicted octanol–water partition coefficient (Wildman–Crippen LogP) is 3.74. The Morgan fingerprint density at radius 1 is 1.00 bits per heavy atom. The summed E-state index contributed by atoms with van der Waals surface area (Å²) in [5.41, 5.74) is 0.676. The van der Waals surface area contributed by atoms with E-state index in [2.05, 4.69) is 10.6 Å². The molecule has 0 atom stereocenters. The van der Waals surface area contributed by atoms with Crippen LogP contribution >= 0.6 is 11.6 Å². The van der Waals surface area contributed by atoms with Gasteiger partial charge in [-0.2, -0.15) is 0 Å². The first-order valence-electron chi connectivity index (χ1n) is 10.7. The summed E-state index contributed by atoms with van der Waals surface area (Å²) in [4.78, 5) is 25.2. The fraction of sp³-hybridized carbons (Fsp3) is 0.417. The third kappa shape index (κ3) is 4.89. The van der Waals surface area contributed by atoms with Gasteiger partial charge >= 0.3 is 0 Å². The fourth-order valence-electron chi connectivity index (χ4n) is 4.73. The molecular weight excluding hydrogens is 435 g/mol. The lowest BCUT2D eigenvalue weighted by atomic mass is 9.61. The molecule has 0 aliphatic heterocycles. The summed E-state index contributed by atoms with van der Waals surface area (Å²) in [6.07, 6.45) is 4.65. The zero-order chi connectivity index (χ0) is 22.8. The van der Waals surface area contributed by atoms with Crippen molar-refractivity contribution in [1.82, 2.24) is 10.6 Å². The monoisotopic (exact) mass is 460 g/mol. The van der Waals surface area contributed by atoms with Gasteiger partial charge in [0, 0.05) is 22.7 Å². The number of rotatable bonds is 7. The van der Waals surface area contributed by atoms with Crippen molar-refractivity contribution in [3.63, 3.8) is 0 Å². The summed E-state index contributed by atoms with van der Waals surface area (Å²) in [5, 5.41) is 15.6. The lowest BCUT2D eigenvalue weighted by Crippen LogP contribution is -2.64. The zero-order valence-electron chi connectivity index (χ0n) is 17.6. The number of hydrogen-bond donors (Lipinski definition) is 3. The van der Waals surface area contributed by atoms with Crippen molar-refractivity contribution in [2.75, 3.05) is 6.61 Å². The van der Waals surface area contributed by atoms with Crippen molar-refractivity contribution in [2.45, 2.75) is 56.2 Å².